The van der Waals surface area contributed by atoms with Gasteiger partial charge in [0.25, 0.3) is 5.91 Å². The zero-order valence-electron chi connectivity index (χ0n) is 12.5. The minimum atomic E-state index is -3.01. The molecule has 0 saturated heterocycles. The number of hydrazone groups is 1. The van der Waals surface area contributed by atoms with Gasteiger partial charge in [-0.3, -0.25) is 4.79 Å². The van der Waals surface area contributed by atoms with E-state index in [0.717, 1.165) is 0 Å². The van der Waals surface area contributed by atoms with E-state index in [1.165, 1.54) is 25.5 Å². The van der Waals surface area contributed by atoms with Gasteiger partial charge in [-0.2, -0.15) is 13.9 Å². The Bertz CT molecular complexity index is 754. The smallest absolute Gasteiger partial charge is 0.387 e. The molecule has 0 fully saturated rings. The van der Waals surface area contributed by atoms with E-state index < -0.39 is 12.5 Å². The second-order valence-corrected chi connectivity index (χ2v) is 5.29. The van der Waals surface area contributed by atoms with Gasteiger partial charge in [-0.25, -0.2) is 5.43 Å². The summed E-state index contributed by atoms with van der Waals surface area (Å²) in [7, 11) is 1.34. The lowest BCUT2D eigenvalue weighted by atomic mass is 10.2. The number of hydrogen-bond donors (Lipinski definition) is 1. The quantitative estimate of drug-likeness (QED) is 0.594. The first kappa shape index (κ1) is 17.9. The molecule has 0 saturated carbocycles. The number of nitrogens with one attached hydrogen (secondary N) is 1. The van der Waals surface area contributed by atoms with Crippen molar-refractivity contribution in [2.45, 2.75) is 6.61 Å². The van der Waals surface area contributed by atoms with Crippen molar-refractivity contribution in [2.75, 3.05) is 7.11 Å². The summed E-state index contributed by atoms with van der Waals surface area (Å²) < 4.78 is 35.1. The fourth-order valence-electron chi connectivity index (χ4n) is 1.88. The molecule has 5 nitrogen and oxygen atoms in total. The van der Waals surface area contributed by atoms with Gasteiger partial charge in [0.2, 0.25) is 0 Å². The highest BCUT2D eigenvalue weighted by Crippen LogP contribution is 2.31. The number of ether oxygens (including phenoxy) is 2. The largest absolute Gasteiger partial charge is 0.493 e. The molecule has 2 rings (SSSR count). The molecule has 0 aromatic heterocycles. The minimum Gasteiger partial charge on any atom is -0.493 e. The maximum Gasteiger partial charge on any atom is 0.387 e. The van der Waals surface area contributed by atoms with Crippen LogP contribution >= 0.6 is 15.9 Å². The number of hydrogen-bond acceptors (Lipinski definition) is 4. The number of rotatable bonds is 6. The molecule has 8 heteroatoms. The van der Waals surface area contributed by atoms with Crippen LogP contribution in [0.2, 0.25) is 0 Å². The van der Waals surface area contributed by atoms with Crippen LogP contribution in [-0.2, 0) is 0 Å². The van der Waals surface area contributed by atoms with E-state index in [4.69, 9.17) is 4.74 Å². The van der Waals surface area contributed by atoms with Gasteiger partial charge in [0.15, 0.2) is 11.5 Å². The third kappa shape index (κ3) is 4.51. The van der Waals surface area contributed by atoms with Crippen LogP contribution in [-0.4, -0.2) is 25.8 Å². The molecule has 0 spiro atoms. The Hall–Kier alpha value is -2.48. The average molecular weight is 399 g/mol. The lowest BCUT2D eigenvalue weighted by Gasteiger charge is -2.12. The fraction of sp³-hybridized carbons (Fsp3) is 0.125. The zero-order valence-corrected chi connectivity index (χ0v) is 14.1. The normalized spacial score (nSPS) is 10.9. The number of carbonyl (C=O) groups excluding carboxylic acids is 1. The van der Waals surface area contributed by atoms with Crippen molar-refractivity contribution in [1.29, 1.82) is 0 Å². The van der Waals surface area contributed by atoms with Crippen LogP contribution in [0.1, 0.15) is 15.9 Å². The van der Waals surface area contributed by atoms with Crippen LogP contribution < -0.4 is 14.9 Å². The molecule has 0 unspecified atom stereocenters. The molecule has 0 radical (unpaired) electrons. The van der Waals surface area contributed by atoms with Crippen LogP contribution in [0.15, 0.2) is 52.0 Å². The monoisotopic (exact) mass is 398 g/mol. The number of halogens is 3. The molecule has 0 aliphatic rings. The second-order valence-electron chi connectivity index (χ2n) is 4.44. The molecule has 24 heavy (non-hydrogen) atoms. The molecular weight excluding hydrogens is 386 g/mol. The summed E-state index contributed by atoms with van der Waals surface area (Å²) in [6.07, 6.45) is 1.20. The molecular formula is C16H13BrF2N2O3. The predicted molar refractivity (Wildman–Crippen MR) is 88.8 cm³/mol. The molecule has 1 amide bonds. The van der Waals surface area contributed by atoms with Gasteiger partial charge in [-0.1, -0.05) is 18.2 Å². The van der Waals surface area contributed by atoms with Gasteiger partial charge in [0, 0.05) is 10.0 Å². The van der Waals surface area contributed by atoms with Crippen molar-refractivity contribution in [1.82, 2.24) is 5.43 Å². The summed E-state index contributed by atoms with van der Waals surface area (Å²) in [5.41, 5.74) is 2.95. The Balaban J connectivity index is 2.17. The molecule has 126 valence electrons. The third-order valence-corrected chi connectivity index (χ3v) is 3.62. The van der Waals surface area contributed by atoms with Crippen LogP contribution in [0, 0.1) is 0 Å². The average Bonchev–Trinajstić information content (AvgIpc) is 2.56. The van der Waals surface area contributed by atoms with Crippen molar-refractivity contribution < 1.29 is 23.0 Å². The van der Waals surface area contributed by atoms with E-state index in [1.54, 1.807) is 30.3 Å². The van der Waals surface area contributed by atoms with Gasteiger partial charge in [-0.15, -0.1) is 0 Å². The highest BCUT2D eigenvalue weighted by atomic mass is 79.9. The highest BCUT2D eigenvalue weighted by molar-refractivity contribution is 9.10. The number of para-hydroxylation sites is 1. The van der Waals surface area contributed by atoms with E-state index in [2.05, 4.69) is 31.2 Å². The molecule has 2 aromatic carbocycles. The van der Waals surface area contributed by atoms with E-state index >= 15 is 0 Å². The van der Waals surface area contributed by atoms with E-state index in [1.807, 2.05) is 0 Å². The lowest BCUT2D eigenvalue weighted by Crippen LogP contribution is -2.18. The summed E-state index contributed by atoms with van der Waals surface area (Å²) in [5.74, 6) is -0.469. The van der Waals surface area contributed by atoms with Crippen molar-refractivity contribution in [3.63, 3.8) is 0 Å². The van der Waals surface area contributed by atoms with Crippen LogP contribution in [0.3, 0.4) is 0 Å². The Morgan fingerprint density at radius 3 is 2.67 bits per heavy atom. The van der Waals surface area contributed by atoms with Gasteiger partial charge < -0.3 is 9.47 Å². The van der Waals surface area contributed by atoms with Gasteiger partial charge in [-0.05, 0) is 40.2 Å². The van der Waals surface area contributed by atoms with Crippen molar-refractivity contribution in [3.05, 3.63) is 58.1 Å². The van der Waals surface area contributed by atoms with E-state index in [0.29, 0.717) is 10.0 Å². The number of benzene rings is 2. The number of carbonyl (C=O) groups is 1. The van der Waals surface area contributed by atoms with Gasteiger partial charge in [0.05, 0.1) is 18.9 Å². The Labute approximate surface area is 145 Å². The van der Waals surface area contributed by atoms with Crippen LogP contribution in [0.25, 0.3) is 0 Å². The maximum atomic E-state index is 12.5. The fourth-order valence-corrected chi connectivity index (χ4v) is 2.34. The van der Waals surface area contributed by atoms with E-state index in [9.17, 15) is 13.6 Å². The summed E-state index contributed by atoms with van der Waals surface area (Å²) in [5, 5.41) is 3.78. The number of methoxy groups -OCH3 is 1. The first-order valence-electron chi connectivity index (χ1n) is 6.72. The minimum absolute atomic E-state index is 0.136. The zero-order chi connectivity index (χ0) is 17.5. The van der Waals surface area contributed by atoms with Crippen LogP contribution in [0.5, 0.6) is 11.5 Å². The molecule has 1 N–H and O–H groups in total. The van der Waals surface area contributed by atoms with Crippen molar-refractivity contribution in [3.8, 4) is 11.5 Å². The predicted octanol–water partition coefficient (Wildman–Crippen LogP) is 3.82. The lowest BCUT2D eigenvalue weighted by molar-refractivity contribution is -0.0513. The van der Waals surface area contributed by atoms with Crippen molar-refractivity contribution >= 4 is 28.1 Å². The SMILES string of the molecule is COc1cccc(/C=N\NC(=O)c2ccccc2Br)c1OC(F)F. The molecule has 2 aromatic rings. The standard InChI is InChI=1S/C16H13BrF2N2O3/c1-23-13-8-4-5-10(14(13)24-16(18)19)9-20-21-15(22)11-6-2-3-7-12(11)17/h2-9,16H,1H3,(H,21,22)/b20-9-. The van der Waals surface area contributed by atoms with Crippen LogP contribution in [0.4, 0.5) is 8.78 Å². The van der Waals surface area contributed by atoms with Crippen molar-refractivity contribution in [2.24, 2.45) is 5.10 Å². The summed E-state index contributed by atoms with van der Waals surface area (Å²) in [4.78, 5) is 12.0. The molecule has 0 atom stereocenters. The summed E-state index contributed by atoms with van der Waals surface area (Å²) >= 11 is 3.26. The van der Waals surface area contributed by atoms with Gasteiger partial charge >= 0.3 is 6.61 Å². The summed E-state index contributed by atoms with van der Waals surface area (Å²) in [6, 6.07) is 11.4. The molecule has 0 aliphatic heterocycles. The van der Waals surface area contributed by atoms with E-state index in [-0.39, 0.29) is 17.1 Å². The highest BCUT2D eigenvalue weighted by Gasteiger charge is 2.14. The number of alkyl halides is 2. The maximum absolute atomic E-state index is 12.5. The second kappa shape index (κ2) is 8.39. The number of nitrogens with zero attached hydrogens (tertiary/aromatic N) is 1. The third-order valence-electron chi connectivity index (χ3n) is 2.92. The molecule has 0 heterocycles. The molecule has 0 aliphatic carbocycles. The Morgan fingerprint density at radius 1 is 1.25 bits per heavy atom. The number of amides is 1. The first-order chi connectivity index (χ1) is 11.5. The molecule has 0 bridgehead atoms. The van der Waals surface area contributed by atoms with Gasteiger partial charge in [0.1, 0.15) is 0 Å². The Kier molecular flexibility index (Phi) is 6.25. The summed E-state index contributed by atoms with van der Waals surface area (Å²) in [6.45, 7) is -3.01. The topological polar surface area (TPSA) is 59.9 Å². The first-order valence-corrected chi connectivity index (χ1v) is 7.52. The Morgan fingerprint density at radius 2 is 2.00 bits per heavy atom.